The number of benzene rings is 1. The van der Waals surface area contributed by atoms with Crippen LogP contribution in [0.25, 0.3) is 0 Å². The van der Waals surface area contributed by atoms with E-state index in [1.54, 1.807) is 24.3 Å². The molecular weight excluding hydrogens is 688 g/mol. The third-order valence-corrected chi connectivity index (χ3v) is 9.23. The predicted octanol–water partition coefficient (Wildman–Crippen LogP) is 2.78. The van der Waals surface area contributed by atoms with Crippen molar-refractivity contribution in [2.24, 2.45) is 0 Å². The van der Waals surface area contributed by atoms with Crippen molar-refractivity contribution < 1.29 is 58.9 Å². The minimum Gasteiger partial charge on any atom is -0.477 e. The molecule has 2 amide bonds. The van der Waals surface area contributed by atoms with Crippen LogP contribution in [0.4, 0.5) is 0 Å². The lowest BCUT2D eigenvalue weighted by molar-refractivity contribution is -0.310. The van der Waals surface area contributed by atoms with Gasteiger partial charge in [-0.15, -0.1) is 0 Å². The zero-order chi connectivity index (χ0) is 37.6. The molecule has 0 unspecified atom stereocenters. The summed E-state index contributed by atoms with van der Waals surface area (Å²) in [4.78, 5) is 48.0. The topological polar surface area (TPSA) is 221 Å². The van der Waals surface area contributed by atoms with E-state index in [2.05, 4.69) is 15.4 Å². The molecule has 1 fully saturated rings. The first kappa shape index (κ1) is 44.3. The second-order valence-electron chi connectivity index (χ2n) is 13.1. The van der Waals surface area contributed by atoms with Crippen LogP contribution in [0.5, 0.6) is 0 Å². The number of unbranched alkanes of at least 4 members (excludes halogenated alkanes) is 12. The minimum atomic E-state index is -2.38. The van der Waals surface area contributed by atoms with Crippen LogP contribution in [0.2, 0.25) is 5.02 Å². The highest BCUT2D eigenvalue weighted by atomic mass is 35.5. The number of hydrogen-bond acceptors (Lipinski definition) is 11. The molecule has 15 heteroatoms. The van der Waals surface area contributed by atoms with E-state index in [1.165, 1.54) is 32.8 Å². The van der Waals surface area contributed by atoms with Crippen LogP contribution in [0.1, 0.15) is 102 Å². The van der Waals surface area contributed by atoms with Crippen molar-refractivity contribution in [3.63, 3.8) is 0 Å². The molecule has 0 saturated carbocycles. The van der Waals surface area contributed by atoms with Crippen LogP contribution < -0.4 is 10.6 Å². The van der Waals surface area contributed by atoms with Crippen LogP contribution in [0.3, 0.4) is 0 Å². The number of carbonyl (C=O) groups excluding carboxylic acids is 3. The summed E-state index contributed by atoms with van der Waals surface area (Å²) in [6.07, 6.45) is 6.24. The number of hydrogen-bond donors (Lipinski definition) is 7. The molecule has 0 spiro atoms. The summed E-state index contributed by atoms with van der Waals surface area (Å²) in [6.45, 7) is -1.42. The van der Waals surface area contributed by atoms with Gasteiger partial charge in [-0.05, 0) is 30.5 Å². The quantitative estimate of drug-likeness (QED) is 0.0538. The van der Waals surface area contributed by atoms with Gasteiger partial charge in [0.1, 0.15) is 18.8 Å². The van der Waals surface area contributed by atoms with Crippen LogP contribution in [0, 0.1) is 0 Å². The third kappa shape index (κ3) is 16.6. The number of methoxy groups -OCH3 is 1. The molecule has 51 heavy (non-hydrogen) atoms. The first-order valence-corrected chi connectivity index (χ1v) is 18.4. The number of aliphatic carboxylic acids is 1. The molecular formula is C36H57ClN2O12. The van der Waals surface area contributed by atoms with Gasteiger partial charge >= 0.3 is 11.9 Å². The van der Waals surface area contributed by atoms with Gasteiger partial charge in [0.2, 0.25) is 11.8 Å². The molecule has 2 rings (SSSR count). The Hall–Kier alpha value is -2.85. The number of carboxylic acid groups (broad SMARTS) is 1. The zero-order valence-electron chi connectivity index (χ0n) is 29.6. The van der Waals surface area contributed by atoms with Gasteiger partial charge < -0.3 is 50.4 Å². The number of amides is 2. The summed E-state index contributed by atoms with van der Waals surface area (Å²) in [5.41, 5.74) is 0.657. The van der Waals surface area contributed by atoms with E-state index in [0.29, 0.717) is 23.4 Å². The predicted molar refractivity (Wildman–Crippen MR) is 188 cm³/mol. The van der Waals surface area contributed by atoms with E-state index < -0.39 is 73.6 Å². The molecule has 1 aliphatic rings. The maximum atomic E-state index is 12.5. The van der Waals surface area contributed by atoms with Crippen LogP contribution in [-0.4, -0.2) is 112 Å². The fourth-order valence-electron chi connectivity index (χ4n) is 6.01. The lowest BCUT2D eigenvalue weighted by Crippen LogP contribution is -2.68. The maximum Gasteiger partial charge on any atom is 0.364 e. The standard InChI is InChI=1S/C36H57ClN2O12/c1-49-31(45)15-13-11-9-7-5-3-2-4-6-8-10-12-14-20-50-36(35(47)48)22-27(41)32(39-30(44)24-40)34(51-36)33(46)28(42)23-38-29(43)21-25-16-18-26(37)19-17-25/h16-19,27-28,32-34,40-42,46H,2-15,20-24H2,1H3,(H,38,43)(H,39,44)(H,47,48)/t27-,28+,32+,33+,34+,36+/m0/s1. The Balaban J connectivity index is 1.80. The highest BCUT2D eigenvalue weighted by molar-refractivity contribution is 6.30. The van der Waals surface area contributed by atoms with Gasteiger partial charge in [-0.2, -0.15) is 0 Å². The minimum absolute atomic E-state index is 0.0154. The Kier molecular flexibility index (Phi) is 21.2. The van der Waals surface area contributed by atoms with Crippen molar-refractivity contribution in [3.8, 4) is 0 Å². The van der Waals surface area contributed by atoms with E-state index in [1.807, 2.05) is 0 Å². The fraction of sp³-hybridized carbons (Fsp3) is 0.722. The third-order valence-electron chi connectivity index (χ3n) is 8.98. The number of carbonyl (C=O) groups is 4. The van der Waals surface area contributed by atoms with Crippen LogP contribution >= 0.6 is 11.6 Å². The molecule has 1 heterocycles. The van der Waals surface area contributed by atoms with Crippen molar-refractivity contribution in [2.75, 3.05) is 26.9 Å². The molecule has 0 bridgehead atoms. The van der Waals surface area contributed by atoms with E-state index in [-0.39, 0.29) is 19.0 Å². The molecule has 1 aromatic carbocycles. The summed E-state index contributed by atoms with van der Waals surface area (Å²) < 4.78 is 16.1. The Bertz CT molecular complexity index is 1190. The smallest absolute Gasteiger partial charge is 0.364 e. The highest BCUT2D eigenvalue weighted by Crippen LogP contribution is 2.34. The first-order chi connectivity index (χ1) is 24.4. The largest absolute Gasteiger partial charge is 0.477 e. The van der Waals surface area contributed by atoms with Gasteiger partial charge in [0.15, 0.2) is 0 Å². The number of aliphatic hydroxyl groups excluding tert-OH is 4. The van der Waals surface area contributed by atoms with Gasteiger partial charge in [-0.25, -0.2) is 4.79 Å². The van der Waals surface area contributed by atoms with E-state index >= 15 is 0 Å². The van der Waals surface area contributed by atoms with Crippen LogP contribution in [0.15, 0.2) is 24.3 Å². The lowest BCUT2D eigenvalue weighted by atomic mass is 9.88. The van der Waals surface area contributed by atoms with E-state index in [4.69, 9.17) is 21.1 Å². The second kappa shape index (κ2) is 24.4. The normalized spacial score (nSPS) is 21.4. The lowest BCUT2D eigenvalue weighted by Gasteiger charge is -2.46. The summed E-state index contributed by atoms with van der Waals surface area (Å²) in [5, 5.41) is 57.4. The molecule has 1 saturated heterocycles. The molecule has 1 aliphatic heterocycles. The van der Waals surface area contributed by atoms with Crippen molar-refractivity contribution in [2.45, 2.75) is 139 Å². The van der Waals surface area contributed by atoms with Gasteiger partial charge in [0.25, 0.3) is 5.79 Å². The zero-order valence-corrected chi connectivity index (χ0v) is 30.4. The molecule has 6 atom stereocenters. The molecule has 0 aromatic heterocycles. The SMILES string of the molecule is COC(=O)CCCCCCCCCCCCCCCO[C@]1(C(=O)O)C[C@H](O)[C@@H](NC(=O)CO)[C@H]([C@H](O)[C@H](O)CNC(=O)Cc2ccc(Cl)cc2)O1. The summed E-state index contributed by atoms with van der Waals surface area (Å²) in [7, 11) is 1.41. The Morgan fingerprint density at radius 3 is 1.98 bits per heavy atom. The summed E-state index contributed by atoms with van der Waals surface area (Å²) in [6, 6.07) is 5.16. The van der Waals surface area contributed by atoms with Crippen molar-refractivity contribution in [1.82, 2.24) is 10.6 Å². The molecule has 290 valence electrons. The number of carboxylic acids is 1. The van der Waals surface area contributed by atoms with Gasteiger partial charge in [0, 0.05) is 24.4 Å². The van der Waals surface area contributed by atoms with E-state index in [0.717, 1.165) is 51.4 Å². The number of nitrogens with one attached hydrogen (secondary N) is 2. The first-order valence-electron chi connectivity index (χ1n) is 18.0. The van der Waals surface area contributed by atoms with Crippen molar-refractivity contribution in [3.05, 3.63) is 34.9 Å². The number of rotatable bonds is 26. The van der Waals surface area contributed by atoms with E-state index in [9.17, 15) is 44.7 Å². The van der Waals surface area contributed by atoms with Gasteiger partial charge in [0.05, 0.1) is 38.4 Å². The highest BCUT2D eigenvalue weighted by Gasteiger charge is 2.55. The summed E-state index contributed by atoms with van der Waals surface area (Å²) >= 11 is 5.87. The van der Waals surface area contributed by atoms with Crippen molar-refractivity contribution in [1.29, 1.82) is 0 Å². The molecule has 1 aromatic rings. The average Bonchev–Trinajstić information content (AvgIpc) is 3.11. The monoisotopic (exact) mass is 744 g/mol. The Morgan fingerprint density at radius 2 is 1.45 bits per heavy atom. The van der Waals surface area contributed by atoms with Gasteiger partial charge in [-0.3, -0.25) is 14.4 Å². The number of esters is 1. The number of aliphatic hydroxyl groups is 4. The maximum absolute atomic E-state index is 12.5. The molecule has 0 aliphatic carbocycles. The average molecular weight is 745 g/mol. The second-order valence-corrected chi connectivity index (χ2v) is 13.5. The molecule has 0 radical (unpaired) electrons. The Labute approximate surface area is 305 Å². The van der Waals surface area contributed by atoms with Crippen molar-refractivity contribution >= 4 is 35.4 Å². The van der Waals surface area contributed by atoms with Gasteiger partial charge in [-0.1, -0.05) is 94.4 Å². The number of ether oxygens (including phenoxy) is 3. The molecule has 7 N–H and O–H groups in total. The number of halogens is 1. The summed E-state index contributed by atoms with van der Waals surface area (Å²) in [5.74, 6) is -5.49. The Morgan fingerprint density at radius 1 is 0.902 bits per heavy atom. The fourth-order valence-corrected chi connectivity index (χ4v) is 6.14. The molecule has 14 nitrogen and oxygen atoms in total. The van der Waals surface area contributed by atoms with Crippen LogP contribution in [-0.2, 0) is 39.8 Å².